The highest BCUT2D eigenvalue weighted by Gasteiger charge is 2.23. The zero-order valence-corrected chi connectivity index (χ0v) is 13.3. The van der Waals surface area contributed by atoms with Crippen molar-refractivity contribution in [2.24, 2.45) is 0 Å². The highest BCUT2D eigenvalue weighted by molar-refractivity contribution is 9.10. The quantitative estimate of drug-likeness (QED) is 0.822. The smallest absolute Gasteiger partial charge is 0.164 e. The molecule has 0 fully saturated rings. The van der Waals surface area contributed by atoms with Gasteiger partial charge in [-0.2, -0.15) is 0 Å². The van der Waals surface area contributed by atoms with E-state index in [9.17, 15) is 13.2 Å². The number of aryl methyl sites for hydroxylation is 1. The maximum absolute atomic E-state index is 14.2. The van der Waals surface area contributed by atoms with Gasteiger partial charge < -0.3 is 5.32 Å². The molecule has 0 saturated heterocycles. The number of nitrogens with one attached hydrogen (secondary N) is 1. The molecule has 1 nitrogen and oxygen atoms in total. The first-order chi connectivity index (χ1) is 9.95. The fraction of sp³-hybridized carbons (Fsp3) is 0.250. The van der Waals surface area contributed by atoms with Crippen LogP contribution in [0.5, 0.6) is 0 Å². The van der Waals surface area contributed by atoms with Gasteiger partial charge in [0.15, 0.2) is 11.6 Å². The van der Waals surface area contributed by atoms with E-state index in [-0.39, 0.29) is 16.7 Å². The third-order valence-electron chi connectivity index (χ3n) is 3.29. The van der Waals surface area contributed by atoms with Crippen LogP contribution in [-0.4, -0.2) is 6.54 Å². The molecular weight excluding hydrogens is 343 g/mol. The lowest BCUT2D eigenvalue weighted by Crippen LogP contribution is -2.24. The monoisotopic (exact) mass is 357 g/mol. The Balaban J connectivity index is 2.59. The van der Waals surface area contributed by atoms with Crippen molar-refractivity contribution < 1.29 is 13.2 Å². The van der Waals surface area contributed by atoms with Crippen molar-refractivity contribution in [2.75, 3.05) is 6.54 Å². The van der Waals surface area contributed by atoms with E-state index in [0.29, 0.717) is 11.0 Å². The number of hydrogen-bond acceptors (Lipinski definition) is 1. The first kappa shape index (κ1) is 16.0. The van der Waals surface area contributed by atoms with Crippen molar-refractivity contribution in [1.29, 1.82) is 0 Å². The fourth-order valence-corrected chi connectivity index (χ4v) is 2.59. The summed E-state index contributed by atoms with van der Waals surface area (Å²) in [5, 5.41) is 3.00. The molecule has 112 valence electrons. The maximum Gasteiger partial charge on any atom is 0.164 e. The van der Waals surface area contributed by atoms with Crippen molar-refractivity contribution >= 4 is 15.9 Å². The van der Waals surface area contributed by atoms with E-state index >= 15 is 0 Å². The molecule has 1 atom stereocenters. The number of rotatable bonds is 4. The van der Waals surface area contributed by atoms with Gasteiger partial charge in [0.2, 0.25) is 0 Å². The van der Waals surface area contributed by atoms with E-state index in [4.69, 9.17) is 0 Å². The first-order valence-electron chi connectivity index (χ1n) is 6.58. The Morgan fingerprint density at radius 3 is 2.43 bits per heavy atom. The summed E-state index contributed by atoms with van der Waals surface area (Å²) >= 11 is 3.27. The summed E-state index contributed by atoms with van der Waals surface area (Å²) in [5.41, 5.74) is 0.589. The van der Waals surface area contributed by atoms with E-state index in [1.54, 1.807) is 12.1 Å². The van der Waals surface area contributed by atoms with Gasteiger partial charge in [0.05, 0.1) is 6.04 Å². The average molecular weight is 358 g/mol. The summed E-state index contributed by atoms with van der Waals surface area (Å²) in [5.74, 6) is -2.31. The second kappa shape index (κ2) is 6.62. The van der Waals surface area contributed by atoms with Gasteiger partial charge in [-0.3, -0.25) is 0 Å². The van der Waals surface area contributed by atoms with Crippen LogP contribution in [0.25, 0.3) is 0 Å². The lowest BCUT2D eigenvalue weighted by atomic mass is 9.96. The molecule has 0 aliphatic rings. The van der Waals surface area contributed by atoms with Gasteiger partial charge in [0, 0.05) is 15.6 Å². The summed E-state index contributed by atoms with van der Waals surface area (Å²) in [7, 11) is 0. The molecule has 1 N–H and O–H groups in total. The summed E-state index contributed by atoms with van der Waals surface area (Å²) in [4.78, 5) is 0. The highest BCUT2D eigenvalue weighted by atomic mass is 79.9. The number of hydrogen-bond donors (Lipinski definition) is 1. The van der Waals surface area contributed by atoms with Crippen LogP contribution in [0.4, 0.5) is 13.2 Å². The molecule has 2 aromatic rings. The van der Waals surface area contributed by atoms with Crippen LogP contribution in [-0.2, 0) is 0 Å². The molecule has 0 amide bonds. The molecule has 0 bridgehead atoms. The molecule has 0 saturated carbocycles. The predicted molar refractivity (Wildman–Crippen MR) is 80.7 cm³/mol. The fourth-order valence-electron chi connectivity index (χ4n) is 2.21. The predicted octanol–water partition coefficient (Wildman–Crippen LogP) is 4.87. The van der Waals surface area contributed by atoms with Gasteiger partial charge in [-0.15, -0.1) is 0 Å². The molecule has 0 heterocycles. The van der Waals surface area contributed by atoms with Crippen LogP contribution in [0.15, 0.2) is 34.8 Å². The van der Waals surface area contributed by atoms with Crippen LogP contribution in [0.2, 0.25) is 0 Å². The van der Waals surface area contributed by atoms with E-state index in [1.165, 1.54) is 25.1 Å². The van der Waals surface area contributed by atoms with E-state index < -0.39 is 23.5 Å². The second-order valence-corrected chi connectivity index (χ2v) is 5.67. The number of halogens is 4. The minimum atomic E-state index is -0.944. The van der Waals surface area contributed by atoms with Crippen molar-refractivity contribution in [3.63, 3.8) is 0 Å². The molecule has 0 aromatic heterocycles. The van der Waals surface area contributed by atoms with Gasteiger partial charge in [0.25, 0.3) is 0 Å². The Labute approximate surface area is 130 Å². The molecule has 2 aromatic carbocycles. The van der Waals surface area contributed by atoms with E-state index in [0.717, 1.165) is 0 Å². The molecule has 1 unspecified atom stereocenters. The molecule has 5 heteroatoms. The van der Waals surface area contributed by atoms with Crippen molar-refractivity contribution in [3.05, 3.63) is 68.9 Å². The third kappa shape index (κ3) is 3.30. The van der Waals surface area contributed by atoms with Gasteiger partial charge in [-0.25, -0.2) is 13.2 Å². The standard InChI is InChI=1S/C16H15BrF3N/c1-3-21-16(12-8-10(17)5-7-13(12)18)11-6-4-9(2)14(19)15(11)20/h4-8,16,21H,3H2,1-2H3. The molecule has 0 aliphatic heterocycles. The molecule has 2 rings (SSSR count). The second-order valence-electron chi connectivity index (χ2n) is 4.76. The Hall–Kier alpha value is -1.33. The van der Waals surface area contributed by atoms with Crippen molar-refractivity contribution in [1.82, 2.24) is 5.32 Å². The van der Waals surface area contributed by atoms with Crippen molar-refractivity contribution in [3.8, 4) is 0 Å². The largest absolute Gasteiger partial charge is 0.306 e. The van der Waals surface area contributed by atoms with Gasteiger partial charge >= 0.3 is 0 Å². The normalized spacial score (nSPS) is 12.5. The summed E-state index contributed by atoms with van der Waals surface area (Å²) in [6.45, 7) is 3.81. The van der Waals surface area contributed by atoms with Crippen LogP contribution >= 0.6 is 15.9 Å². The molecule has 0 aliphatic carbocycles. The molecule has 0 spiro atoms. The van der Waals surface area contributed by atoms with Gasteiger partial charge in [0.1, 0.15) is 5.82 Å². The minimum absolute atomic E-state index is 0.0944. The summed E-state index contributed by atoms with van der Waals surface area (Å²) in [6.07, 6.45) is 0. The first-order valence-corrected chi connectivity index (χ1v) is 7.37. The van der Waals surface area contributed by atoms with Gasteiger partial charge in [-0.1, -0.05) is 35.0 Å². The van der Waals surface area contributed by atoms with Crippen molar-refractivity contribution in [2.45, 2.75) is 19.9 Å². The van der Waals surface area contributed by atoms with Crippen LogP contribution < -0.4 is 5.32 Å². The van der Waals surface area contributed by atoms with Crippen LogP contribution in [0, 0.1) is 24.4 Å². The Kier molecular flexibility index (Phi) is 5.06. The third-order valence-corrected chi connectivity index (χ3v) is 3.79. The van der Waals surface area contributed by atoms with E-state index in [2.05, 4.69) is 21.2 Å². The average Bonchev–Trinajstić information content (AvgIpc) is 2.46. The lowest BCUT2D eigenvalue weighted by molar-refractivity contribution is 0.473. The minimum Gasteiger partial charge on any atom is -0.306 e. The molecular formula is C16H15BrF3N. The Morgan fingerprint density at radius 2 is 1.76 bits per heavy atom. The van der Waals surface area contributed by atoms with Gasteiger partial charge in [-0.05, 0) is 37.2 Å². The van der Waals surface area contributed by atoms with Crippen LogP contribution in [0.1, 0.15) is 29.7 Å². The molecule has 0 radical (unpaired) electrons. The highest BCUT2D eigenvalue weighted by Crippen LogP contribution is 2.30. The van der Waals surface area contributed by atoms with Crippen LogP contribution in [0.3, 0.4) is 0 Å². The zero-order chi connectivity index (χ0) is 15.6. The molecule has 21 heavy (non-hydrogen) atoms. The van der Waals surface area contributed by atoms with E-state index in [1.807, 2.05) is 6.92 Å². The Bertz CT molecular complexity index is 658. The number of benzene rings is 2. The SMILES string of the molecule is CCNC(c1cc(Br)ccc1F)c1ccc(C)c(F)c1F. The summed E-state index contributed by atoms with van der Waals surface area (Å²) < 4.78 is 42.7. The topological polar surface area (TPSA) is 12.0 Å². The lowest BCUT2D eigenvalue weighted by Gasteiger charge is -2.21. The zero-order valence-electron chi connectivity index (χ0n) is 11.7. The maximum atomic E-state index is 14.2. The Morgan fingerprint density at radius 1 is 1.05 bits per heavy atom. The summed E-state index contributed by atoms with van der Waals surface area (Å²) in [6, 6.07) is 6.66.